The van der Waals surface area contributed by atoms with Crippen molar-refractivity contribution >= 4 is 16.6 Å². The monoisotopic (exact) mass is 214 g/mol. The van der Waals surface area contributed by atoms with Gasteiger partial charge < -0.3 is 4.74 Å². The lowest BCUT2D eigenvalue weighted by molar-refractivity contribution is 0.101. The Balaban J connectivity index is 2.69. The number of fused-ring (bicyclic) bond motifs is 1. The Bertz CT molecular complexity index is 556. The normalized spacial score (nSPS) is 10.4. The third-order valence-electron chi connectivity index (χ3n) is 2.87. The van der Waals surface area contributed by atoms with Crippen molar-refractivity contribution in [3.05, 3.63) is 41.5 Å². The standard InChI is InChI=1S/C14H14O2/c1-9-13-6-4-11(10(2)15)8-12(13)5-7-14(9)16-3/h4-8H,1-3H3. The van der Waals surface area contributed by atoms with Gasteiger partial charge in [0.25, 0.3) is 0 Å². The van der Waals surface area contributed by atoms with Gasteiger partial charge in [0.1, 0.15) is 5.75 Å². The lowest BCUT2D eigenvalue weighted by atomic mass is 10.0. The van der Waals surface area contributed by atoms with Crippen LogP contribution >= 0.6 is 0 Å². The lowest BCUT2D eigenvalue weighted by Crippen LogP contribution is -1.93. The van der Waals surface area contributed by atoms with E-state index in [4.69, 9.17) is 4.74 Å². The van der Waals surface area contributed by atoms with Gasteiger partial charge in [-0.2, -0.15) is 0 Å². The van der Waals surface area contributed by atoms with Crippen LogP contribution in [-0.4, -0.2) is 12.9 Å². The predicted octanol–water partition coefficient (Wildman–Crippen LogP) is 3.36. The summed E-state index contributed by atoms with van der Waals surface area (Å²) in [5.74, 6) is 0.971. The van der Waals surface area contributed by atoms with E-state index in [0.717, 1.165) is 27.6 Å². The van der Waals surface area contributed by atoms with E-state index in [2.05, 4.69) is 0 Å². The molecule has 0 heterocycles. The second-order valence-electron chi connectivity index (χ2n) is 3.88. The quantitative estimate of drug-likeness (QED) is 0.716. The highest BCUT2D eigenvalue weighted by Crippen LogP contribution is 2.27. The number of carbonyl (C=O) groups is 1. The van der Waals surface area contributed by atoms with Crippen molar-refractivity contribution in [1.29, 1.82) is 0 Å². The Labute approximate surface area is 94.8 Å². The number of hydrogen-bond acceptors (Lipinski definition) is 2. The molecule has 0 aliphatic rings. The summed E-state index contributed by atoms with van der Waals surface area (Å²) in [6, 6.07) is 9.67. The largest absolute Gasteiger partial charge is 0.496 e. The van der Waals surface area contributed by atoms with E-state index in [1.807, 2.05) is 37.3 Å². The van der Waals surface area contributed by atoms with E-state index >= 15 is 0 Å². The summed E-state index contributed by atoms with van der Waals surface area (Å²) >= 11 is 0. The lowest BCUT2D eigenvalue weighted by Gasteiger charge is -2.08. The molecule has 0 saturated heterocycles. The van der Waals surface area contributed by atoms with Gasteiger partial charge >= 0.3 is 0 Å². The van der Waals surface area contributed by atoms with Gasteiger partial charge in [-0.05, 0) is 42.3 Å². The molecule has 0 fully saturated rings. The average molecular weight is 214 g/mol. The summed E-state index contributed by atoms with van der Waals surface area (Å²) in [4.78, 5) is 11.3. The molecule has 0 aliphatic carbocycles. The molecule has 2 rings (SSSR count). The van der Waals surface area contributed by atoms with Crippen LogP contribution in [-0.2, 0) is 0 Å². The third kappa shape index (κ3) is 1.67. The van der Waals surface area contributed by atoms with Crippen molar-refractivity contribution in [3.8, 4) is 5.75 Å². The summed E-state index contributed by atoms with van der Waals surface area (Å²) < 4.78 is 5.26. The molecule has 0 bridgehead atoms. The first-order chi connectivity index (χ1) is 7.63. The molecule has 16 heavy (non-hydrogen) atoms. The van der Waals surface area contributed by atoms with E-state index in [1.165, 1.54) is 0 Å². The van der Waals surface area contributed by atoms with Crippen LogP contribution in [0.5, 0.6) is 5.75 Å². The maximum Gasteiger partial charge on any atom is 0.159 e. The number of ketones is 1. The fourth-order valence-corrected chi connectivity index (χ4v) is 1.91. The molecule has 0 aliphatic heterocycles. The maximum absolute atomic E-state index is 11.3. The van der Waals surface area contributed by atoms with Crippen molar-refractivity contribution in [2.45, 2.75) is 13.8 Å². The number of carbonyl (C=O) groups excluding carboxylic acids is 1. The third-order valence-corrected chi connectivity index (χ3v) is 2.87. The van der Waals surface area contributed by atoms with Gasteiger partial charge in [-0.25, -0.2) is 0 Å². The Morgan fingerprint density at radius 1 is 1.19 bits per heavy atom. The van der Waals surface area contributed by atoms with Crippen molar-refractivity contribution in [3.63, 3.8) is 0 Å². The molecule has 2 nitrogen and oxygen atoms in total. The van der Waals surface area contributed by atoms with Crippen LogP contribution in [0.2, 0.25) is 0 Å². The van der Waals surface area contributed by atoms with E-state index in [0.29, 0.717) is 0 Å². The molecule has 82 valence electrons. The first-order valence-corrected chi connectivity index (χ1v) is 5.22. The maximum atomic E-state index is 11.3. The summed E-state index contributed by atoms with van der Waals surface area (Å²) in [6.45, 7) is 3.60. The van der Waals surface area contributed by atoms with E-state index in [9.17, 15) is 4.79 Å². The fourth-order valence-electron chi connectivity index (χ4n) is 1.91. The van der Waals surface area contributed by atoms with Gasteiger partial charge in [-0.1, -0.05) is 18.2 Å². The van der Waals surface area contributed by atoms with Crippen molar-refractivity contribution in [1.82, 2.24) is 0 Å². The van der Waals surface area contributed by atoms with Crippen LogP contribution in [0.1, 0.15) is 22.8 Å². The number of Topliss-reactive ketones (excluding diaryl/α,β-unsaturated/α-hetero) is 1. The summed E-state index contributed by atoms with van der Waals surface area (Å²) in [5, 5.41) is 2.20. The molecule has 0 atom stereocenters. The van der Waals surface area contributed by atoms with E-state index < -0.39 is 0 Å². The van der Waals surface area contributed by atoms with Crippen molar-refractivity contribution in [2.24, 2.45) is 0 Å². The van der Waals surface area contributed by atoms with Gasteiger partial charge in [0.05, 0.1) is 7.11 Å². The van der Waals surface area contributed by atoms with Crippen LogP contribution in [0.25, 0.3) is 10.8 Å². The topological polar surface area (TPSA) is 26.3 Å². The zero-order valence-corrected chi connectivity index (χ0v) is 9.70. The SMILES string of the molecule is COc1ccc2cc(C(C)=O)ccc2c1C. The molecule has 0 amide bonds. The van der Waals surface area contributed by atoms with Gasteiger partial charge in [0.15, 0.2) is 5.78 Å². The van der Waals surface area contributed by atoms with Crippen LogP contribution < -0.4 is 4.74 Å². The van der Waals surface area contributed by atoms with Gasteiger partial charge in [-0.15, -0.1) is 0 Å². The number of hydrogen-bond donors (Lipinski definition) is 0. The van der Waals surface area contributed by atoms with E-state index in [-0.39, 0.29) is 5.78 Å². The van der Waals surface area contributed by atoms with Crippen LogP contribution in [0, 0.1) is 6.92 Å². The number of rotatable bonds is 2. The van der Waals surface area contributed by atoms with Crippen molar-refractivity contribution in [2.75, 3.05) is 7.11 Å². The van der Waals surface area contributed by atoms with Crippen LogP contribution in [0.15, 0.2) is 30.3 Å². The minimum atomic E-state index is 0.0929. The summed E-state index contributed by atoms with van der Waals surface area (Å²) in [6.07, 6.45) is 0. The number of methoxy groups -OCH3 is 1. The molecular weight excluding hydrogens is 200 g/mol. The molecule has 2 aromatic carbocycles. The summed E-state index contributed by atoms with van der Waals surface area (Å²) in [5.41, 5.74) is 1.85. The Morgan fingerprint density at radius 2 is 1.94 bits per heavy atom. The second-order valence-corrected chi connectivity index (χ2v) is 3.88. The molecule has 0 unspecified atom stereocenters. The molecule has 0 saturated carbocycles. The molecule has 2 aromatic rings. The first-order valence-electron chi connectivity index (χ1n) is 5.22. The zero-order chi connectivity index (χ0) is 11.7. The Morgan fingerprint density at radius 3 is 2.56 bits per heavy atom. The van der Waals surface area contributed by atoms with E-state index in [1.54, 1.807) is 14.0 Å². The van der Waals surface area contributed by atoms with Gasteiger partial charge in [0.2, 0.25) is 0 Å². The van der Waals surface area contributed by atoms with Crippen LogP contribution in [0.4, 0.5) is 0 Å². The second kappa shape index (κ2) is 3.97. The highest BCUT2D eigenvalue weighted by molar-refractivity contribution is 5.99. The van der Waals surface area contributed by atoms with Crippen molar-refractivity contribution < 1.29 is 9.53 Å². The molecular formula is C14H14O2. The average Bonchev–Trinajstić information content (AvgIpc) is 2.29. The smallest absolute Gasteiger partial charge is 0.159 e. The highest BCUT2D eigenvalue weighted by atomic mass is 16.5. The number of benzene rings is 2. The Hall–Kier alpha value is -1.83. The molecule has 0 N–H and O–H groups in total. The molecule has 0 aromatic heterocycles. The minimum Gasteiger partial charge on any atom is -0.496 e. The zero-order valence-electron chi connectivity index (χ0n) is 9.70. The minimum absolute atomic E-state index is 0.0929. The van der Waals surface area contributed by atoms with Gasteiger partial charge in [-0.3, -0.25) is 4.79 Å². The predicted molar refractivity (Wildman–Crippen MR) is 65.2 cm³/mol. The van der Waals surface area contributed by atoms with Crippen LogP contribution in [0.3, 0.4) is 0 Å². The fraction of sp³-hybridized carbons (Fsp3) is 0.214. The molecule has 0 spiro atoms. The number of aryl methyl sites for hydroxylation is 1. The summed E-state index contributed by atoms with van der Waals surface area (Å²) in [7, 11) is 1.66. The Kier molecular flexibility index (Phi) is 2.65. The highest BCUT2D eigenvalue weighted by Gasteiger charge is 2.05. The molecule has 2 heteroatoms. The van der Waals surface area contributed by atoms with Gasteiger partial charge in [0, 0.05) is 5.56 Å². The number of ether oxygens (including phenoxy) is 1. The molecule has 0 radical (unpaired) electrons. The first kappa shape index (κ1) is 10.7.